The first-order valence-corrected chi connectivity index (χ1v) is 8.31. The zero-order chi connectivity index (χ0) is 17.7. The molecule has 1 aliphatic rings. The Balaban J connectivity index is 1.96. The van der Waals surface area contributed by atoms with Crippen molar-refractivity contribution in [3.8, 4) is 0 Å². The van der Waals surface area contributed by atoms with Crippen LogP contribution in [0, 0.1) is 11.8 Å². The van der Waals surface area contributed by atoms with Crippen LogP contribution in [0.2, 0.25) is 0 Å². The lowest BCUT2D eigenvalue weighted by Crippen LogP contribution is -2.20. The maximum Gasteiger partial charge on any atom is 0.416 e. The molecule has 0 aliphatic heterocycles. The second-order valence-corrected chi connectivity index (χ2v) is 6.47. The van der Waals surface area contributed by atoms with Crippen LogP contribution in [-0.4, -0.2) is 5.78 Å². The van der Waals surface area contributed by atoms with Crippen molar-refractivity contribution < 1.29 is 18.0 Å². The number of alkyl halides is 3. The van der Waals surface area contributed by atoms with Crippen LogP contribution in [0.4, 0.5) is 13.2 Å². The first-order valence-electron chi connectivity index (χ1n) is 8.31. The summed E-state index contributed by atoms with van der Waals surface area (Å²) in [4.78, 5) is 12.3. The Kier molecular flexibility index (Phi) is 6.03. The fourth-order valence-corrected chi connectivity index (χ4v) is 3.10. The van der Waals surface area contributed by atoms with Gasteiger partial charge in [0.25, 0.3) is 0 Å². The number of benzene rings is 1. The van der Waals surface area contributed by atoms with Gasteiger partial charge in [-0.25, -0.2) is 0 Å². The summed E-state index contributed by atoms with van der Waals surface area (Å²) in [6.45, 7) is 5.55. The van der Waals surface area contributed by atoms with Crippen LogP contribution in [-0.2, 0) is 17.4 Å². The second-order valence-electron chi connectivity index (χ2n) is 6.47. The van der Waals surface area contributed by atoms with Gasteiger partial charge in [-0.05, 0) is 49.8 Å². The molecule has 0 spiro atoms. The third-order valence-corrected chi connectivity index (χ3v) is 4.68. The number of carbonyl (C=O) groups excluding carboxylic acids is 1. The van der Waals surface area contributed by atoms with E-state index in [4.69, 9.17) is 0 Å². The van der Waals surface area contributed by atoms with E-state index >= 15 is 0 Å². The second kappa shape index (κ2) is 7.82. The van der Waals surface area contributed by atoms with Crippen LogP contribution in [0.3, 0.4) is 0 Å². The summed E-state index contributed by atoms with van der Waals surface area (Å²) in [5, 5.41) is 0. The third-order valence-electron chi connectivity index (χ3n) is 4.68. The van der Waals surface area contributed by atoms with Crippen molar-refractivity contribution >= 4 is 5.78 Å². The van der Waals surface area contributed by atoms with E-state index in [-0.39, 0.29) is 17.6 Å². The molecule has 1 aromatic rings. The van der Waals surface area contributed by atoms with Gasteiger partial charge in [0.1, 0.15) is 5.78 Å². The fraction of sp³-hybridized carbons (Fsp3) is 0.450. The first kappa shape index (κ1) is 18.5. The molecule has 0 fully saturated rings. The molecule has 1 nitrogen and oxygen atoms in total. The van der Waals surface area contributed by atoms with Gasteiger partial charge in [-0.2, -0.15) is 13.2 Å². The number of allylic oxidation sites excluding steroid dienone is 3. The molecule has 24 heavy (non-hydrogen) atoms. The van der Waals surface area contributed by atoms with Crippen LogP contribution in [0.5, 0.6) is 0 Å². The highest BCUT2D eigenvalue weighted by Gasteiger charge is 2.30. The van der Waals surface area contributed by atoms with Crippen molar-refractivity contribution in [2.75, 3.05) is 0 Å². The maximum atomic E-state index is 12.6. The zero-order valence-corrected chi connectivity index (χ0v) is 13.9. The predicted molar refractivity (Wildman–Crippen MR) is 89.6 cm³/mol. The quantitative estimate of drug-likeness (QED) is 0.625. The summed E-state index contributed by atoms with van der Waals surface area (Å²) in [6.07, 6.45) is 3.49. The number of ketones is 1. The number of halogens is 3. The normalized spacial score (nSPS) is 20.0. The third kappa shape index (κ3) is 4.83. The minimum Gasteiger partial charge on any atom is -0.299 e. The smallest absolute Gasteiger partial charge is 0.299 e. The standard InChI is InChI=1S/C20H23F3O/c1-3-14(2)19(24)17-6-4-5-15(7-10-17)13-16-8-11-18(12-9-16)20(21,22)23/h3,5,8-9,11-12,14,17H,1,4,6-7,10,13H2,2H3. The van der Waals surface area contributed by atoms with Crippen LogP contribution >= 0.6 is 0 Å². The van der Waals surface area contributed by atoms with Gasteiger partial charge in [-0.3, -0.25) is 4.79 Å². The van der Waals surface area contributed by atoms with E-state index in [1.54, 1.807) is 6.08 Å². The summed E-state index contributed by atoms with van der Waals surface area (Å²) in [7, 11) is 0. The SMILES string of the molecule is C=CC(C)C(=O)C1CCC=C(Cc2ccc(C(F)(F)F)cc2)CC1. The van der Waals surface area contributed by atoms with Gasteiger partial charge in [-0.1, -0.05) is 36.8 Å². The average Bonchev–Trinajstić information content (AvgIpc) is 2.78. The van der Waals surface area contributed by atoms with Crippen molar-refractivity contribution in [2.24, 2.45) is 11.8 Å². The molecule has 0 amide bonds. The highest BCUT2D eigenvalue weighted by molar-refractivity contribution is 5.84. The molecule has 0 radical (unpaired) electrons. The molecular weight excluding hydrogens is 313 g/mol. The average molecular weight is 336 g/mol. The van der Waals surface area contributed by atoms with E-state index in [0.717, 1.165) is 43.4 Å². The molecule has 0 saturated carbocycles. The minimum atomic E-state index is -4.30. The molecule has 0 heterocycles. The minimum absolute atomic E-state index is 0.0550. The van der Waals surface area contributed by atoms with E-state index in [9.17, 15) is 18.0 Å². The maximum absolute atomic E-state index is 12.6. The van der Waals surface area contributed by atoms with Crippen molar-refractivity contribution in [3.63, 3.8) is 0 Å². The number of hydrogen-bond donors (Lipinski definition) is 0. The Morgan fingerprint density at radius 1 is 1.29 bits per heavy atom. The number of hydrogen-bond acceptors (Lipinski definition) is 1. The number of Topliss-reactive ketones (excluding diaryl/α,β-unsaturated/α-hetero) is 1. The Morgan fingerprint density at radius 2 is 1.96 bits per heavy atom. The Bertz CT molecular complexity index is 611. The molecular formula is C20H23F3O. The van der Waals surface area contributed by atoms with E-state index in [0.29, 0.717) is 6.42 Å². The molecule has 1 aromatic carbocycles. The zero-order valence-electron chi connectivity index (χ0n) is 13.9. The summed E-state index contributed by atoms with van der Waals surface area (Å²) < 4.78 is 37.8. The van der Waals surface area contributed by atoms with E-state index in [2.05, 4.69) is 12.7 Å². The highest BCUT2D eigenvalue weighted by Crippen LogP contribution is 2.31. The summed E-state index contributed by atoms with van der Waals surface area (Å²) in [5.74, 6) is 0.181. The summed E-state index contributed by atoms with van der Waals surface area (Å²) in [5.41, 5.74) is 1.46. The summed E-state index contributed by atoms with van der Waals surface area (Å²) in [6, 6.07) is 5.34. The van der Waals surface area contributed by atoms with Crippen molar-refractivity contribution in [1.82, 2.24) is 0 Å². The monoisotopic (exact) mass is 336 g/mol. The van der Waals surface area contributed by atoms with Gasteiger partial charge >= 0.3 is 6.18 Å². The van der Waals surface area contributed by atoms with E-state index < -0.39 is 11.7 Å². The van der Waals surface area contributed by atoms with Crippen LogP contribution < -0.4 is 0 Å². The largest absolute Gasteiger partial charge is 0.416 e. The molecule has 4 heteroatoms. The topological polar surface area (TPSA) is 17.1 Å². The lowest BCUT2D eigenvalue weighted by atomic mass is 9.87. The van der Waals surface area contributed by atoms with Crippen molar-refractivity contribution in [1.29, 1.82) is 0 Å². The van der Waals surface area contributed by atoms with Crippen LogP contribution in [0.1, 0.15) is 43.7 Å². The molecule has 0 N–H and O–H groups in total. The number of carbonyl (C=O) groups is 1. The Morgan fingerprint density at radius 3 is 2.54 bits per heavy atom. The van der Waals surface area contributed by atoms with Crippen LogP contribution in [0.15, 0.2) is 48.6 Å². The summed E-state index contributed by atoms with van der Waals surface area (Å²) >= 11 is 0. The molecule has 2 unspecified atom stereocenters. The van der Waals surface area contributed by atoms with Gasteiger partial charge in [0.2, 0.25) is 0 Å². The van der Waals surface area contributed by atoms with Gasteiger partial charge in [0.05, 0.1) is 5.56 Å². The van der Waals surface area contributed by atoms with E-state index in [1.807, 2.05) is 6.92 Å². The lowest BCUT2D eigenvalue weighted by Gasteiger charge is -2.16. The van der Waals surface area contributed by atoms with E-state index in [1.165, 1.54) is 17.7 Å². The van der Waals surface area contributed by atoms with Gasteiger partial charge in [-0.15, -0.1) is 6.58 Å². The van der Waals surface area contributed by atoms with Gasteiger partial charge < -0.3 is 0 Å². The predicted octanol–water partition coefficient (Wildman–Crippen LogP) is 5.76. The molecule has 130 valence electrons. The van der Waals surface area contributed by atoms with Gasteiger partial charge in [0, 0.05) is 11.8 Å². The molecule has 0 saturated heterocycles. The first-order chi connectivity index (χ1) is 11.3. The van der Waals surface area contributed by atoms with Crippen molar-refractivity contribution in [3.05, 3.63) is 59.7 Å². The Labute approximate surface area is 141 Å². The molecule has 0 bridgehead atoms. The molecule has 2 rings (SSSR count). The number of rotatable bonds is 5. The molecule has 0 aromatic heterocycles. The Hall–Kier alpha value is -1.84. The lowest BCUT2D eigenvalue weighted by molar-refractivity contribution is -0.137. The molecule has 1 aliphatic carbocycles. The fourth-order valence-electron chi connectivity index (χ4n) is 3.10. The molecule has 2 atom stereocenters. The van der Waals surface area contributed by atoms with Gasteiger partial charge in [0.15, 0.2) is 0 Å². The highest BCUT2D eigenvalue weighted by atomic mass is 19.4. The van der Waals surface area contributed by atoms with Crippen LogP contribution in [0.25, 0.3) is 0 Å². The van der Waals surface area contributed by atoms with Crippen molar-refractivity contribution in [2.45, 2.75) is 45.2 Å².